The quantitative estimate of drug-likeness (QED) is 0.385. The molecule has 6 rings (SSSR count). The molecule has 4 aromatic rings. The number of fused-ring (bicyclic) bond motifs is 1. The van der Waals surface area contributed by atoms with E-state index in [1.54, 1.807) is 47.2 Å². The average molecular weight is 508 g/mol. The van der Waals surface area contributed by atoms with Gasteiger partial charge >= 0.3 is 0 Å². The van der Waals surface area contributed by atoms with Crippen LogP contribution in [0.3, 0.4) is 0 Å². The molecule has 38 heavy (non-hydrogen) atoms. The van der Waals surface area contributed by atoms with Gasteiger partial charge in [0, 0.05) is 30.7 Å². The molecular formula is C31H29N3O4. The van der Waals surface area contributed by atoms with Gasteiger partial charge in [-0.2, -0.15) is 0 Å². The summed E-state index contributed by atoms with van der Waals surface area (Å²) in [5.74, 6) is 0.966. The summed E-state index contributed by atoms with van der Waals surface area (Å²) in [6.45, 7) is 3.20. The normalized spacial score (nSPS) is 16.6. The highest BCUT2D eigenvalue weighted by Crippen LogP contribution is 2.39. The maximum Gasteiger partial charge on any atom is 0.263 e. The molecule has 0 radical (unpaired) electrons. The third kappa shape index (κ3) is 4.80. The molecule has 1 aliphatic heterocycles. The molecule has 1 aliphatic carbocycles. The van der Waals surface area contributed by atoms with Crippen LogP contribution in [0.1, 0.15) is 33.9 Å². The second-order valence-electron chi connectivity index (χ2n) is 9.53. The zero-order valence-corrected chi connectivity index (χ0v) is 21.0. The van der Waals surface area contributed by atoms with Crippen molar-refractivity contribution in [1.82, 2.24) is 4.57 Å². The fraction of sp³-hybridized carbons (Fsp3) is 0.226. The molecular weight excluding hydrogens is 478 g/mol. The van der Waals surface area contributed by atoms with Gasteiger partial charge < -0.3 is 24.3 Å². The fourth-order valence-electron chi connectivity index (χ4n) is 5.36. The van der Waals surface area contributed by atoms with Crippen LogP contribution >= 0.6 is 0 Å². The Morgan fingerprint density at radius 2 is 1.63 bits per heavy atom. The number of carbonyl (C=O) groups excluding carboxylic acids is 1. The highest BCUT2D eigenvalue weighted by atomic mass is 16.5. The molecule has 2 aliphatic rings. The van der Waals surface area contributed by atoms with E-state index in [1.165, 1.54) is 11.3 Å². The minimum Gasteiger partial charge on any atom is -0.457 e. The molecule has 0 spiro atoms. The smallest absolute Gasteiger partial charge is 0.263 e. The second kappa shape index (κ2) is 10.6. The molecule has 1 atom stereocenters. The first-order valence-electron chi connectivity index (χ1n) is 13.0. The van der Waals surface area contributed by atoms with E-state index < -0.39 is 5.91 Å². The number of para-hydroxylation sites is 1. The van der Waals surface area contributed by atoms with Crippen molar-refractivity contribution in [3.8, 4) is 11.5 Å². The van der Waals surface area contributed by atoms with Gasteiger partial charge in [-0.05, 0) is 78.6 Å². The van der Waals surface area contributed by atoms with Crippen LogP contribution in [-0.2, 0) is 11.2 Å². The summed E-state index contributed by atoms with van der Waals surface area (Å²) in [5, 5.41) is 2.85. The van der Waals surface area contributed by atoms with Crippen LogP contribution in [-0.4, -0.2) is 36.8 Å². The van der Waals surface area contributed by atoms with Gasteiger partial charge in [-0.1, -0.05) is 30.3 Å². The second-order valence-corrected chi connectivity index (χ2v) is 9.53. The Morgan fingerprint density at radius 3 is 2.42 bits per heavy atom. The molecule has 7 heteroatoms. The lowest BCUT2D eigenvalue weighted by Gasteiger charge is -2.30. The van der Waals surface area contributed by atoms with Crippen LogP contribution in [0, 0.1) is 0 Å². The number of hydrogen-bond donors (Lipinski definition) is 1. The number of benzene rings is 3. The first-order chi connectivity index (χ1) is 18.7. The number of anilines is 2. The number of ether oxygens (including phenoxy) is 2. The van der Waals surface area contributed by atoms with Crippen molar-refractivity contribution in [3.05, 3.63) is 118 Å². The molecule has 0 bridgehead atoms. The van der Waals surface area contributed by atoms with Gasteiger partial charge in [0.15, 0.2) is 0 Å². The van der Waals surface area contributed by atoms with Crippen molar-refractivity contribution in [3.63, 3.8) is 0 Å². The lowest BCUT2D eigenvalue weighted by atomic mass is 10.0. The number of morpholine rings is 1. The average Bonchev–Trinajstić information content (AvgIpc) is 3.39. The summed E-state index contributed by atoms with van der Waals surface area (Å²) in [4.78, 5) is 29.0. The van der Waals surface area contributed by atoms with Gasteiger partial charge in [-0.3, -0.25) is 9.59 Å². The Kier molecular flexibility index (Phi) is 6.67. The fourth-order valence-corrected chi connectivity index (χ4v) is 5.36. The number of rotatable bonds is 6. The lowest BCUT2D eigenvalue weighted by Crippen LogP contribution is -2.36. The molecule has 1 unspecified atom stereocenters. The molecule has 1 fully saturated rings. The minimum absolute atomic E-state index is 0.0966. The predicted octanol–water partition coefficient (Wildman–Crippen LogP) is 5.27. The van der Waals surface area contributed by atoms with Crippen molar-refractivity contribution >= 4 is 17.3 Å². The van der Waals surface area contributed by atoms with Crippen LogP contribution in [0.5, 0.6) is 11.5 Å². The minimum atomic E-state index is -0.429. The molecule has 1 amide bonds. The summed E-state index contributed by atoms with van der Waals surface area (Å²) in [6, 6.07) is 26.2. The number of pyridine rings is 1. The van der Waals surface area contributed by atoms with Gasteiger partial charge in [-0.15, -0.1) is 0 Å². The Labute approximate surface area is 221 Å². The number of amides is 1. The van der Waals surface area contributed by atoms with E-state index in [4.69, 9.17) is 9.47 Å². The van der Waals surface area contributed by atoms with Crippen LogP contribution < -0.4 is 20.5 Å². The summed E-state index contributed by atoms with van der Waals surface area (Å²) in [5.41, 5.74) is 4.10. The molecule has 7 nitrogen and oxygen atoms in total. The first kappa shape index (κ1) is 24.0. The third-order valence-corrected chi connectivity index (χ3v) is 7.21. The maximum absolute atomic E-state index is 13.5. The van der Waals surface area contributed by atoms with Crippen molar-refractivity contribution in [1.29, 1.82) is 0 Å². The van der Waals surface area contributed by atoms with Gasteiger partial charge in [0.25, 0.3) is 11.5 Å². The Balaban J connectivity index is 1.20. The topological polar surface area (TPSA) is 72.8 Å². The predicted molar refractivity (Wildman–Crippen MR) is 148 cm³/mol. The van der Waals surface area contributed by atoms with Crippen LogP contribution in [0.25, 0.3) is 0 Å². The Bertz CT molecular complexity index is 1490. The maximum atomic E-state index is 13.5. The largest absolute Gasteiger partial charge is 0.457 e. The van der Waals surface area contributed by atoms with E-state index in [2.05, 4.69) is 28.4 Å². The molecule has 0 saturated carbocycles. The molecule has 3 aromatic carbocycles. The molecule has 1 aromatic heterocycles. The number of nitrogens with zero attached hydrogens (tertiary/aromatic N) is 2. The van der Waals surface area contributed by atoms with Crippen LogP contribution in [0.2, 0.25) is 0 Å². The van der Waals surface area contributed by atoms with E-state index in [9.17, 15) is 9.59 Å². The zero-order chi connectivity index (χ0) is 25.9. The number of hydrogen-bond acceptors (Lipinski definition) is 5. The van der Waals surface area contributed by atoms with E-state index in [0.29, 0.717) is 11.4 Å². The molecule has 1 saturated heterocycles. The highest BCUT2D eigenvalue weighted by molar-refractivity contribution is 6.04. The van der Waals surface area contributed by atoms with Crippen molar-refractivity contribution in [2.24, 2.45) is 0 Å². The SMILES string of the molecule is O=C(Nc1ccc(Oc2ccccc2)cc1)c1cccn(C2CCc3c2cccc3N2CCOCC2)c1=O. The van der Waals surface area contributed by atoms with Gasteiger partial charge in [0.1, 0.15) is 17.1 Å². The molecule has 192 valence electrons. The number of aromatic nitrogens is 1. The van der Waals surface area contributed by atoms with E-state index in [0.717, 1.165) is 50.5 Å². The molecule has 1 N–H and O–H groups in total. The Hall–Kier alpha value is -4.36. The summed E-state index contributed by atoms with van der Waals surface area (Å²) in [7, 11) is 0. The van der Waals surface area contributed by atoms with Crippen molar-refractivity contribution in [2.75, 3.05) is 36.5 Å². The van der Waals surface area contributed by atoms with E-state index >= 15 is 0 Å². The van der Waals surface area contributed by atoms with E-state index in [-0.39, 0.29) is 17.2 Å². The highest BCUT2D eigenvalue weighted by Gasteiger charge is 2.29. The summed E-state index contributed by atoms with van der Waals surface area (Å²) < 4.78 is 13.0. The monoisotopic (exact) mass is 507 g/mol. The van der Waals surface area contributed by atoms with Crippen LogP contribution in [0.15, 0.2) is 95.9 Å². The van der Waals surface area contributed by atoms with Gasteiger partial charge in [0.05, 0.1) is 19.3 Å². The number of nitrogens with one attached hydrogen (secondary N) is 1. The lowest BCUT2D eigenvalue weighted by molar-refractivity contribution is 0.102. The molecule has 2 heterocycles. The third-order valence-electron chi connectivity index (χ3n) is 7.21. The first-order valence-corrected chi connectivity index (χ1v) is 13.0. The standard InChI is InChI=1S/C31H29N3O4/c35-30(32-22-11-13-24(14-12-22)38-23-6-2-1-3-7-23)27-9-5-17-34(31(27)36)29-16-15-26-25(29)8-4-10-28(26)33-18-20-37-21-19-33/h1-14,17,29H,15-16,18-21H2,(H,32,35). The zero-order valence-electron chi connectivity index (χ0n) is 21.0. The van der Waals surface area contributed by atoms with Gasteiger partial charge in [-0.25, -0.2) is 0 Å². The van der Waals surface area contributed by atoms with Gasteiger partial charge in [0.2, 0.25) is 0 Å². The van der Waals surface area contributed by atoms with Crippen LogP contribution in [0.4, 0.5) is 11.4 Å². The summed E-state index contributed by atoms with van der Waals surface area (Å²) >= 11 is 0. The number of carbonyl (C=O) groups is 1. The van der Waals surface area contributed by atoms with E-state index in [1.807, 2.05) is 30.3 Å². The van der Waals surface area contributed by atoms with Crippen molar-refractivity contribution in [2.45, 2.75) is 18.9 Å². The van der Waals surface area contributed by atoms with Crippen molar-refractivity contribution < 1.29 is 14.3 Å². The Morgan fingerprint density at radius 1 is 0.868 bits per heavy atom. The summed E-state index contributed by atoms with van der Waals surface area (Å²) in [6.07, 6.45) is 3.51.